The molecule has 0 fully saturated rings. The summed E-state index contributed by atoms with van der Waals surface area (Å²) >= 11 is 7.17. The molecular formula is C24H19ClN4O2S. The molecule has 0 spiro atoms. The highest BCUT2D eigenvalue weighted by Crippen LogP contribution is 2.22. The van der Waals surface area contributed by atoms with E-state index in [0.717, 1.165) is 11.1 Å². The largest absolute Gasteiger partial charge is 0.272 e. The summed E-state index contributed by atoms with van der Waals surface area (Å²) in [4.78, 5) is 30.2. The summed E-state index contributed by atoms with van der Waals surface area (Å²) in [5.74, 6) is -0.256. The Morgan fingerprint density at radius 2 is 1.81 bits per heavy atom. The minimum absolute atomic E-state index is 0.0451. The van der Waals surface area contributed by atoms with Crippen molar-refractivity contribution >= 4 is 46.4 Å². The lowest BCUT2D eigenvalue weighted by atomic mass is 10.1. The standard InChI is InChI=1S/C24H19ClN4O2S/c1-16-6-2-3-7-17(16)14-26-28-22(30)15-32-24-27-21-9-5-4-8-20(21)23(31)29(24)19-12-10-18(25)11-13-19/h2-14H,15H2,1H3,(H,28,30)/b26-14-. The van der Waals surface area contributed by atoms with Gasteiger partial charge in [-0.15, -0.1) is 0 Å². The number of carbonyl (C=O) groups excluding carboxylic acids is 1. The van der Waals surface area contributed by atoms with E-state index in [0.29, 0.717) is 26.8 Å². The van der Waals surface area contributed by atoms with E-state index in [1.807, 2.05) is 37.3 Å². The Morgan fingerprint density at radius 1 is 1.09 bits per heavy atom. The highest BCUT2D eigenvalue weighted by Gasteiger charge is 2.14. The third-order valence-corrected chi connectivity index (χ3v) is 5.93. The fourth-order valence-corrected chi connectivity index (χ4v) is 4.03. The van der Waals surface area contributed by atoms with E-state index >= 15 is 0 Å². The van der Waals surface area contributed by atoms with Crippen LogP contribution in [0.25, 0.3) is 16.6 Å². The second-order valence-corrected chi connectivity index (χ2v) is 8.35. The van der Waals surface area contributed by atoms with Crippen LogP contribution in [-0.4, -0.2) is 27.4 Å². The molecule has 1 heterocycles. The van der Waals surface area contributed by atoms with Gasteiger partial charge in [0.1, 0.15) is 0 Å². The second-order valence-electron chi connectivity index (χ2n) is 6.97. The molecule has 0 aliphatic heterocycles. The van der Waals surface area contributed by atoms with Gasteiger partial charge in [-0.2, -0.15) is 5.10 Å². The molecule has 6 nitrogen and oxygen atoms in total. The van der Waals surface area contributed by atoms with Crippen LogP contribution in [0.15, 0.2) is 87.8 Å². The summed E-state index contributed by atoms with van der Waals surface area (Å²) in [6.07, 6.45) is 1.61. The molecule has 4 rings (SSSR count). The van der Waals surface area contributed by atoms with Crippen molar-refractivity contribution in [3.05, 3.63) is 99.3 Å². The smallest absolute Gasteiger partial charge is 0.266 e. The van der Waals surface area contributed by atoms with E-state index in [9.17, 15) is 9.59 Å². The topological polar surface area (TPSA) is 76.3 Å². The first kappa shape index (κ1) is 21.8. The molecule has 0 aliphatic carbocycles. The van der Waals surface area contributed by atoms with Crippen molar-refractivity contribution in [2.75, 3.05) is 5.75 Å². The molecule has 0 aliphatic rings. The van der Waals surface area contributed by atoms with E-state index in [-0.39, 0.29) is 17.2 Å². The number of hydrogen-bond acceptors (Lipinski definition) is 5. The summed E-state index contributed by atoms with van der Waals surface area (Å²) in [6.45, 7) is 1.97. The van der Waals surface area contributed by atoms with Gasteiger partial charge in [0.2, 0.25) is 0 Å². The van der Waals surface area contributed by atoms with Crippen molar-refractivity contribution < 1.29 is 4.79 Å². The fourth-order valence-electron chi connectivity index (χ4n) is 3.09. The molecule has 160 valence electrons. The number of nitrogens with one attached hydrogen (secondary N) is 1. The van der Waals surface area contributed by atoms with Gasteiger partial charge in [0.15, 0.2) is 5.16 Å². The lowest BCUT2D eigenvalue weighted by Gasteiger charge is -2.13. The summed E-state index contributed by atoms with van der Waals surface area (Å²) in [5, 5.41) is 5.51. The number of amides is 1. The molecule has 0 saturated carbocycles. The average Bonchev–Trinajstić information content (AvgIpc) is 2.80. The second kappa shape index (κ2) is 9.80. The summed E-state index contributed by atoms with van der Waals surface area (Å²) < 4.78 is 1.49. The zero-order chi connectivity index (χ0) is 22.5. The van der Waals surface area contributed by atoms with Crippen molar-refractivity contribution in [3.63, 3.8) is 0 Å². The number of rotatable bonds is 6. The first-order valence-corrected chi connectivity index (χ1v) is 11.2. The normalized spacial score (nSPS) is 11.2. The summed E-state index contributed by atoms with van der Waals surface area (Å²) in [5.41, 5.74) is 5.50. The van der Waals surface area contributed by atoms with Crippen LogP contribution in [0, 0.1) is 6.92 Å². The maximum atomic E-state index is 13.2. The number of nitrogens with zero attached hydrogens (tertiary/aromatic N) is 3. The molecule has 0 unspecified atom stereocenters. The number of hydrazone groups is 1. The summed E-state index contributed by atoms with van der Waals surface area (Å²) in [6, 6.07) is 21.8. The van der Waals surface area contributed by atoms with Gasteiger partial charge in [-0.05, 0) is 54.4 Å². The molecule has 4 aromatic rings. The van der Waals surface area contributed by atoms with E-state index in [2.05, 4.69) is 15.5 Å². The molecule has 0 saturated heterocycles. The van der Waals surface area contributed by atoms with Crippen LogP contribution in [0.5, 0.6) is 0 Å². The minimum atomic E-state index is -0.301. The molecule has 8 heteroatoms. The number of carbonyl (C=O) groups is 1. The highest BCUT2D eigenvalue weighted by molar-refractivity contribution is 7.99. The van der Waals surface area contributed by atoms with Crippen LogP contribution in [0.2, 0.25) is 5.02 Å². The number of fused-ring (bicyclic) bond motifs is 1. The molecule has 32 heavy (non-hydrogen) atoms. The van der Waals surface area contributed by atoms with Gasteiger partial charge in [0.05, 0.1) is 28.6 Å². The van der Waals surface area contributed by atoms with E-state index in [4.69, 9.17) is 11.6 Å². The number of para-hydroxylation sites is 1. The fraction of sp³-hybridized carbons (Fsp3) is 0.0833. The van der Waals surface area contributed by atoms with Gasteiger partial charge in [-0.1, -0.05) is 59.8 Å². The molecular weight excluding hydrogens is 444 g/mol. The van der Waals surface area contributed by atoms with Crippen molar-refractivity contribution in [2.45, 2.75) is 12.1 Å². The Morgan fingerprint density at radius 3 is 2.59 bits per heavy atom. The van der Waals surface area contributed by atoms with Crippen LogP contribution in [0.1, 0.15) is 11.1 Å². The molecule has 3 aromatic carbocycles. The zero-order valence-electron chi connectivity index (χ0n) is 17.2. The minimum Gasteiger partial charge on any atom is -0.272 e. The molecule has 0 bridgehead atoms. The van der Waals surface area contributed by atoms with Gasteiger partial charge >= 0.3 is 0 Å². The van der Waals surface area contributed by atoms with Gasteiger partial charge in [0.25, 0.3) is 11.5 Å². The number of aromatic nitrogens is 2. The predicted molar refractivity (Wildman–Crippen MR) is 130 cm³/mol. The van der Waals surface area contributed by atoms with Gasteiger partial charge < -0.3 is 0 Å². The average molecular weight is 463 g/mol. The number of benzene rings is 3. The molecule has 1 aromatic heterocycles. The number of hydrogen-bond donors (Lipinski definition) is 1. The first-order valence-electron chi connectivity index (χ1n) is 9.81. The van der Waals surface area contributed by atoms with Crippen molar-refractivity contribution in [3.8, 4) is 5.69 Å². The van der Waals surface area contributed by atoms with Crippen LogP contribution in [-0.2, 0) is 4.79 Å². The monoisotopic (exact) mass is 462 g/mol. The number of aryl methyl sites for hydroxylation is 1. The van der Waals surface area contributed by atoms with E-state index in [1.54, 1.807) is 48.7 Å². The maximum Gasteiger partial charge on any atom is 0.266 e. The van der Waals surface area contributed by atoms with Crippen LogP contribution in [0.3, 0.4) is 0 Å². The van der Waals surface area contributed by atoms with Gasteiger partial charge in [-0.3, -0.25) is 14.2 Å². The molecule has 0 radical (unpaired) electrons. The van der Waals surface area contributed by atoms with Crippen LogP contribution >= 0.6 is 23.4 Å². The number of thioether (sulfide) groups is 1. The lowest BCUT2D eigenvalue weighted by molar-refractivity contribution is -0.118. The predicted octanol–water partition coefficient (Wildman–Crippen LogP) is 4.59. The van der Waals surface area contributed by atoms with Crippen LogP contribution < -0.4 is 11.0 Å². The quantitative estimate of drug-likeness (QED) is 0.197. The van der Waals surface area contributed by atoms with Crippen molar-refractivity contribution in [1.29, 1.82) is 0 Å². The Bertz CT molecular complexity index is 1370. The molecule has 1 N–H and O–H groups in total. The maximum absolute atomic E-state index is 13.2. The zero-order valence-corrected chi connectivity index (χ0v) is 18.7. The number of halogens is 1. The highest BCUT2D eigenvalue weighted by atomic mass is 35.5. The van der Waals surface area contributed by atoms with Gasteiger partial charge in [-0.25, -0.2) is 10.4 Å². The molecule has 0 atom stereocenters. The van der Waals surface area contributed by atoms with Crippen molar-refractivity contribution in [2.24, 2.45) is 5.10 Å². The Balaban J connectivity index is 1.57. The van der Waals surface area contributed by atoms with Crippen molar-refractivity contribution in [1.82, 2.24) is 15.0 Å². The van der Waals surface area contributed by atoms with Gasteiger partial charge in [0, 0.05) is 5.02 Å². The van der Waals surface area contributed by atoms with E-state index in [1.165, 1.54) is 16.3 Å². The third kappa shape index (κ3) is 4.90. The summed E-state index contributed by atoms with van der Waals surface area (Å²) in [7, 11) is 0. The molecule has 1 amide bonds. The Kier molecular flexibility index (Phi) is 6.68. The van der Waals surface area contributed by atoms with Crippen LogP contribution in [0.4, 0.5) is 0 Å². The third-order valence-electron chi connectivity index (χ3n) is 4.74. The lowest BCUT2D eigenvalue weighted by Crippen LogP contribution is -2.24. The van der Waals surface area contributed by atoms with E-state index < -0.39 is 0 Å². The first-order chi connectivity index (χ1) is 15.5. The SMILES string of the molecule is Cc1ccccc1/C=N\NC(=O)CSc1nc2ccccc2c(=O)n1-c1ccc(Cl)cc1. The Labute approximate surface area is 194 Å². The Hall–Kier alpha value is -3.42.